The minimum Gasteiger partial charge on any atom is -0.497 e. The van der Waals surface area contributed by atoms with Crippen molar-refractivity contribution in [2.45, 2.75) is 13.8 Å². The first kappa shape index (κ1) is 27.4. The highest BCUT2D eigenvalue weighted by atomic mass is 35.5. The fraction of sp³-hybridized carbons (Fsp3) is 0.250. The molecule has 36 heavy (non-hydrogen) atoms. The summed E-state index contributed by atoms with van der Waals surface area (Å²) < 4.78 is 38.2. The van der Waals surface area contributed by atoms with Gasteiger partial charge in [-0.2, -0.15) is 5.10 Å². The van der Waals surface area contributed by atoms with Gasteiger partial charge in [0.2, 0.25) is 10.0 Å². The standard InChI is InChI=1S/C24H26Cl2N4O5S/c1-15-8-17(16(2)30(15)20-10-18(25)9-19(26)11-20)13-27-28-24(31)14-29(36(5,32)33)22-7-6-21(34-3)12-23(22)35-4/h6-13H,14H2,1-5H3,(H,28,31)/b27-13-. The number of rotatable bonds is 9. The molecule has 3 aromatic rings. The lowest BCUT2D eigenvalue weighted by atomic mass is 10.2. The minimum atomic E-state index is -3.81. The van der Waals surface area contributed by atoms with Crippen LogP contribution in [0.4, 0.5) is 5.69 Å². The molecule has 0 saturated carbocycles. The van der Waals surface area contributed by atoms with Crippen molar-refractivity contribution in [2.24, 2.45) is 5.10 Å². The summed E-state index contributed by atoms with van der Waals surface area (Å²) in [6, 6.07) is 11.8. The van der Waals surface area contributed by atoms with Crippen LogP contribution in [0.15, 0.2) is 47.6 Å². The van der Waals surface area contributed by atoms with E-state index in [4.69, 9.17) is 32.7 Å². The number of ether oxygens (including phenoxy) is 2. The van der Waals surface area contributed by atoms with Crippen LogP contribution in [0.2, 0.25) is 10.0 Å². The highest BCUT2D eigenvalue weighted by molar-refractivity contribution is 7.92. The van der Waals surface area contributed by atoms with E-state index in [0.717, 1.165) is 33.2 Å². The number of aromatic nitrogens is 1. The van der Waals surface area contributed by atoms with Gasteiger partial charge >= 0.3 is 0 Å². The van der Waals surface area contributed by atoms with Crippen molar-refractivity contribution < 1.29 is 22.7 Å². The van der Waals surface area contributed by atoms with Crippen molar-refractivity contribution in [2.75, 3.05) is 31.3 Å². The summed E-state index contributed by atoms with van der Waals surface area (Å²) in [6.07, 6.45) is 2.49. The molecular weight excluding hydrogens is 527 g/mol. The predicted molar refractivity (Wildman–Crippen MR) is 143 cm³/mol. The van der Waals surface area contributed by atoms with E-state index in [-0.39, 0.29) is 11.4 Å². The first-order valence-corrected chi connectivity index (χ1v) is 13.2. The van der Waals surface area contributed by atoms with Crippen LogP contribution in [0, 0.1) is 13.8 Å². The second-order valence-corrected chi connectivity index (χ2v) is 10.7. The van der Waals surface area contributed by atoms with Crippen molar-refractivity contribution in [1.82, 2.24) is 9.99 Å². The van der Waals surface area contributed by atoms with Gasteiger partial charge in [-0.15, -0.1) is 0 Å². The molecule has 3 rings (SSSR count). The van der Waals surface area contributed by atoms with Crippen LogP contribution in [-0.2, 0) is 14.8 Å². The van der Waals surface area contributed by atoms with Crippen molar-refractivity contribution in [3.63, 3.8) is 0 Å². The van der Waals surface area contributed by atoms with Gasteiger partial charge in [0, 0.05) is 38.8 Å². The Hall–Kier alpha value is -3.21. The van der Waals surface area contributed by atoms with Gasteiger partial charge in [0.15, 0.2) is 0 Å². The molecule has 0 spiro atoms. The number of sulfonamides is 1. The van der Waals surface area contributed by atoms with Crippen LogP contribution < -0.4 is 19.2 Å². The van der Waals surface area contributed by atoms with Crippen LogP contribution in [0.25, 0.3) is 5.69 Å². The lowest BCUT2D eigenvalue weighted by Gasteiger charge is -2.23. The quantitative estimate of drug-likeness (QED) is 0.314. The SMILES string of the molecule is COc1ccc(N(CC(=O)N/N=C\c2cc(C)n(-c3cc(Cl)cc(Cl)c3)c2C)S(C)(=O)=O)c(OC)c1. The fourth-order valence-electron chi connectivity index (χ4n) is 3.70. The van der Waals surface area contributed by atoms with Gasteiger partial charge in [0.05, 0.1) is 32.4 Å². The number of amides is 1. The summed E-state index contributed by atoms with van der Waals surface area (Å²) in [5.41, 5.74) is 5.89. The topological polar surface area (TPSA) is 102 Å². The zero-order valence-corrected chi connectivity index (χ0v) is 22.7. The number of carbonyl (C=O) groups is 1. The number of halogens is 2. The molecule has 1 heterocycles. The van der Waals surface area contributed by atoms with Gasteiger partial charge in [-0.25, -0.2) is 13.8 Å². The molecule has 1 amide bonds. The molecule has 0 radical (unpaired) electrons. The molecule has 0 saturated heterocycles. The fourth-order valence-corrected chi connectivity index (χ4v) is 5.07. The molecule has 0 atom stereocenters. The molecule has 0 aliphatic rings. The first-order valence-electron chi connectivity index (χ1n) is 10.6. The van der Waals surface area contributed by atoms with Gasteiger partial charge in [-0.3, -0.25) is 9.10 Å². The van der Waals surface area contributed by atoms with E-state index in [1.54, 1.807) is 24.3 Å². The zero-order chi connectivity index (χ0) is 26.6. The van der Waals surface area contributed by atoms with Crippen LogP contribution in [0.3, 0.4) is 0 Å². The highest BCUT2D eigenvalue weighted by Crippen LogP contribution is 2.33. The normalized spacial score (nSPS) is 11.5. The third-order valence-electron chi connectivity index (χ3n) is 5.31. The van der Waals surface area contributed by atoms with Gasteiger partial charge in [0.1, 0.15) is 18.0 Å². The van der Waals surface area contributed by atoms with Crippen LogP contribution in [0.5, 0.6) is 11.5 Å². The molecule has 12 heteroatoms. The largest absolute Gasteiger partial charge is 0.497 e. The number of hydrogen-bond donors (Lipinski definition) is 1. The van der Waals surface area contributed by atoms with E-state index >= 15 is 0 Å². The monoisotopic (exact) mass is 552 g/mol. The molecule has 9 nitrogen and oxygen atoms in total. The van der Waals surface area contributed by atoms with Crippen molar-refractivity contribution in [3.8, 4) is 17.2 Å². The van der Waals surface area contributed by atoms with E-state index in [2.05, 4.69) is 10.5 Å². The van der Waals surface area contributed by atoms with E-state index in [1.807, 2.05) is 24.5 Å². The Morgan fingerprint density at radius 1 is 1.08 bits per heavy atom. The number of aryl methyl sites for hydroxylation is 1. The van der Waals surface area contributed by atoms with Crippen molar-refractivity contribution >= 4 is 51.0 Å². The average Bonchev–Trinajstić information content (AvgIpc) is 3.08. The van der Waals surface area contributed by atoms with Gasteiger partial charge in [0.25, 0.3) is 5.91 Å². The Kier molecular flexibility index (Phi) is 8.55. The molecule has 2 aromatic carbocycles. The lowest BCUT2D eigenvalue weighted by molar-refractivity contribution is -0.119. The molecular formula is C24H26Cl2N4O5S. The summed E-state index contributed by atoms with van der Waals surface area (Å²) >= 11 is 12.3. The van der Waals surface area contributed by atoms with E-state index < -0.39 is 22.5 Å². The molecule has 0 bridgehead atoms. The molecule has 0 aliphatic carbocycles. The number of hydrazone groups is 1. The summed E-state index contributed by atoms with van der Waals surface area (Å²) in [7, 11) is -0.933. The summed E-state index contributed by atoms with van der Waals surface area (Å²) in [5, 5.41) is 5.04. The summed E-state index contributed by atoms with van der Waals surface area (Å²) in [5.74, 6) is 0.0883. The Balaban J connectivity index is 1.79. The van der Waals surface area contributed by atoms with Crippen LogP contribution in [0.1, 0.15) is 17.0 Å². The molecule has 1 aromatic heterocycles. The summed E-state index contributed by atoms with van der Waals surface area (Å²) in [6.45, 7) is 3.31. The zero-order valence-electron chi connectivity index (χ0n) is 20.4. The van der Waals surface area contributed by atoms with Crippen molar-refractivity contribution in [1.29, 1.82) is 0 Å². The molecule has 192 valence electrons. The maximum absolute atomic E-state index is 12.6. The Labute approximate surface area is 220 Å². The Morgan fingerprint density at radius 3 is 2.33 bits per heavy atom. The average molecular weight is 553 g/mol. The third kappa shape index (κ3) is 6.31. The second-order valence-electron chi connectivity index (χ2n) is 7.89. The molecule has 0 aliphatic heterocycles. The number of hydrogen-bond acceptors (Lipinski definition) is 6. The Morgan fingerprint density at radius 2 is 1.75 bits per heavy atom. The lowest BCUT2D eigenvalue weighted by Crippen LogP contribution is -2.39. The second kappa shape index (κ2) is 11.2. The van der Waals surface area contributed by atoms with Crippen LogP contribution >= 0.6 is 23.2 Å². The van der Waals surface area contributed by atoms with E-state index in [9.17, 15) is 13.2 Å². The number of anilines is 1. The van der Waals surface area contributed by atoms with Gasteiger partial charge in [-0.1, -0.05) is 23.2 Å². The molecule has 1 N–H and O–H groups in total. The van der Waals surface area contributed by atoms with Crippen LogP contribution in [-0.4, -0.2) is 52.1 Å². The first-order chi connectivity index (χ1) is 16.9. The number of carbonyl (C=O) groups excluding carboxylic acids is 1. The van der Waals surface area contributed by atoms with Gasteiger partial charge < -0.3 is 14.0 Å². The smallest absolute Gasteiger partial charge is 0.260 e. The molecule has 0 unspecified atom stereocenters. The highest BCUT2D eigenvalue weighted by Gasteiger charge is 2.24. The predicted octanol–water partition coefficient (Wildman–Crippen LogP) is 4.33. The summed E-state index contributed by atoms with van der Waals surface area (Å²) in [4.78, 5) is 12.6. The van der Waals surface area contributed by atoms with E-state index in [0.29, 0.717) is 15.8 Å². The van der Waals surface area contributed by atoms with Gasteiger partial charge in [-0.05, 0) is 50.2 Å². The Bertz CT molecular complexity index is 1400. The van der Waals surface area contributed by atoms with Crippen molar-refractivity contribution in [3.05, 3.63) is 69.5 Å². The maximum atomic E-state index is 12.6. The molecule has 0 fully saturated rings. The number of nitrogens with zero attached hydrogens (tertiary/aromatic N) is 3. The number of nitrogens with one attached hydrogen (secondary N) is 1. The minimum absolute atomic E-state index is 0.198. The third-order valence-corrected chi connectivity index (χ3v) is 6.87. The van der Waals surface area contributed by atoms with E-state index in [1.165, 1.54) is 32.6 Å². The number of benzene rings is 2. The maximum Gasteiger partial charge on any atom is 0.260 e. The number of methoxy groups -OCH3 is 2.